The largest absolute Gasteiger partial charge is 0.495 e. The van der Waals surface area contributed by atoms with Crippen LogP contribution in [0.1, 0.15) is 5.56 Å². The minimum Gasteiger partial charge on any atom is -0.495 e. The van der Waals surface area contributed by atoms with Gasteiger partial charge in [-0.25, -0.2) is 0 Å². The van der Waals surface area contributed by atoms with Gasteiger partial charge in [0.25, 0.3) is 0 Å². The number of anilines is 1. The first kappa shape index (κ1) is 12.9. The number of hydrogen-bond donors (Lipinski definition) is 3. The highest BCUT2D eigenvalue weighted by Gasteiger charge is 2.08. The highest BCUT2D eigenvalue weighted by molar-refractivity contribution is 6.32. The minimum absolute atomic E-state index is 0. The van der Waals surface area contributed by atoms with Crippen molar-refractivity contribution in [2.24, 2.45) is 5.73 Å². The lowest BCUT2D eigenvalue weighted by Gasteiger charge is -2.08. The van der Waals surface area contributed by atoms with Gasteiger partial charge in [0.2, 0.25) is 0 Å². The Bertz CT molecular complexity index is 355. The quantitative estimate of drug-likeness (QED) is 0.414. The lowest BCUT2D eigenvalue weighted by atomic mass is 10.1. The highest BCUT2D eigenvalue weighted by Crippen LogP contribution is 2.29. The zero-order valence-electron chi connectivity index (χ0n) is 7.50. The molecule has 1 rings (SSSR count). The molecule has 0 amide bonds. The van der Waals surface area contributed by atoms with E-state index in [9.17, 15) is 0 Å². The molecule has 78 valence electrons. The van der Waals surface area contributed by atoms with E-state index in [1.807, 2.05) is 0 Å². The summed E-state index contributed by atoms with van der Waals surface area (Å²) in [4.78, 5) is 0. The number of nitrogen functional groups attached to an aromatic ring is 2. The van der Waals surface area contributed by atoms with Crippen molar-refractivity contribution < 1.29 is 4.74 Å². The van der Waals surface area contributed by atoms with E-state index in [1.165, 1.54) is 13.2 Å². The van der Waals surface area contributed by atoms with Crippen molar-refractivity contribution >= 4 is 35.5 Å². The molecule has 0 saturated carbocycles. The number of ether oxygens (including phenoxy) is 1. The van der Waals surface area contributed by atoms with E-state index < -0.39 is 0 Å². The number of nitrogens with one attached hydrogen (secondary N) is 1. The molecular weight excluding hydrogens is 225 g/mol. The summed E-state index contributed by atoms with van der Waals surface area (Å²) in [7, 11) is 1.49. The van der Waals surface area contributed by atoms with Crippen LogP contribution in [-0.4, -0.2) is 12.9 Å². The summed E-state index contributed by atoms with van der Waals surface area (Å²) in [6, 6.07) is 3.05. The van der Waals surface area contributed by atoms with Crippen LogP contribution in [0.4, 0.5) is 5.69 Å². The molecule has 0 aliphatic heterocycles. The van der Waals surface area contributed by atoms with Crippen molar-refractivity contribution in [3.05, 3.63) is 22.7 Å². The van der Waals surface area contributed by atoms with Crippen LogP contribution in [0.25, 0.3) is 0 Å². The van der Waals surface area contributed by atoms with Gasteiger partial charge in [-0.2, -0.15) is 0 Å². The number of halogens is 2. The lowest BCUT2D eigenvalue weighted by Crippen LogP contribution is -2.13. The van der Waals surface area contributed by atoms with Gasteiger partial charge in [-0.1, -0.05) is 11.6 Å². The van der Waals surface area contributed by atoms with E-state index >= 15 is 0 Å². The highest BCUT2D eigenvalue weighted by atomic mass is 35.5. The molecule has 4 nitrogen and oxygen atoms in total. The van der Waals surface area contributed by atoms with E-state index in [2.05, 4.69) is 0 Å². The van der Waals surface area contributed by atoms with Gasteiger partial charge in [0.1, 0.15) is 11.6 Å². The molecule has 1 aromatic carbocycles. The Hall–Kier alpha value is -1.13. The van der Waals surface area contributed by atoms with Crippen LogP contribution in [0.3, 0.4) is 0 Å². The maximum absolute atomic E-state index is 7.20. The van der Waals surface area contributed by atoms with Gasteiger partial charge in [-0.15, -0.1) is 12.4 Å². The Balaban J connectivity index is 0.00000169. The molecule has 0 heterocycles. The number of rotatable bonds is 2. The summed E-state index contributed by atoms with van der Waals surface area (Å²) in [5.41, 5.74) is 11.7. The zero-order valence-corrected chi connectivity index (χ0v) is 9.08. The first-order valence-electron chi connectivity index (χ1n) is 3.53. The molecule has 6 heteroatoms. The van der Waals surface area contributed by atoms with Crippen molar-refractivity contribution in [3.8, 4) is 5.75 Å². The smallest absolute Gasteiger partial charge is 0.139 e. The number of benzene rings is 1. The molecule has 5 N–H and O–H groups in total. The van der Waals surface area contributed by atoms with Gasteiger partial charge in [0.05, 0.1) is 12.1 Å². The average Bonchev–Trinajstić information content (AvgIpc) is 2.07. The predicted molar refractivity (Wildman–Crippen MR) is 60.7 cm³/mol. The molecule has 0 aliphatic carbocycles. The molecule has 0 atom stereocenters. The van der Waals surface area contributed by atoms with Crippen molar-refractivity contribution in [2.45, 2.75) is 0 Å². The Labute approximate surface area is 93.1 Å². The van der Waals surface area contributed by atoms with Gasteiger partial charge >= 0.3 is 0 Å². The number of amidine groups is 1. The predicted octanol–water partition coefficient (Wildman–Crippen LogP) is 1.64. The summed E-state index contributed by atoms with van der Waals surface area (Å²) < 4.78 is 4.94. The normalized spacial score (nSPS) is 9.00. The van der Waals surface area contributed by atoms with Gasteiger partial charge < -0.3 is 16.2 Å². The van der Waals surface area contributed by atoms with E-state index in [4.69, 9.17) is 33.2 Å². The second-order valence-corrected chi connectivity index (χ2v) is 2.89. The van der Waals surface area contributed by atoms with Crippen LogP contribution in [0, 0.1) is 5.41 Å². The van der Waals surface area contributed by atoms with Crippen molar-refractivity contribution in [1.82, 2.24) is 0 Å². The Morgan fingerprint density at radius 2 is 2.07 bits per heavy atom. The lowest BCUT2D eigenvalue weighted by molar-refractivity contribution is 0.415. The number of methoxy groups -OCH3 is 1. The van der Waals surface area contributed by atoms with Crippen LogP contribution in [0.5, 0.6) is 5.75 Å². The number of nitrogens with two attached hydrogens (primary N) is 2. The summed E-state index contributed by atoms with van der Waals surface area (Å²) >= 11 is 5.81. The molecule has 0 bridgehead atoms. The third kappa shape index (κ3) is 2.43. The second kappa shape index (κ2) is 4.93. The Kier molecular flexibility index (Phi) is 4.53. The number of hydrogen-bond acceptors (Lipinski definition) is 3. The maximum atomic E-state index is 7.20. The average molecular weight is 236 g/mol. The zero-order chi connectivity index (χ0) is 10.0. The van der Waals surface area contributed by atoms with Crippen LogP contribution >= 0.6 is 24.0 Å². The van der Waals surface area contributed by atoms with E-state index in [1.54, 1.807) is 6.07 Å². The van der Waals surface area contributed by atoms with Crippen molar-refractivity contribution in [1.29, 1.82) is 5.41 Å². The molecule has 0 aliphatic rings. The summed E-state index contributed by atoms with van der Waals surface area (Å²) in [6.07, 6.45) is 0. The van der Waals surface area contributed by atoms with Gasteiger partial charge in [0.15, 0.2) is 0 Å². The summed E-state index contributed by atoms with van der Waals surface area (Å²) in [6.45, 7) is 0. The molecule has 14 heavy (non-hydrogen) atoms. The molecule has 0 aromatic heterocycles. The van der Waals surface area contributed by atoms with Crippen LogP contribution < -0.4 is 16.2 Å². The Morgan fingerprint density at radius 1 is 1.50 bits per heavy atom. The standard InChI is InChI=1S/C8H10ClN3O.ClH/c1-13-7-3-6(10)4(8(11)12)2-5(7)9;/h2-3H,10H2,1H3,(H3,11,12);1H. The second-order valence-electron chi connectivity index (χ2n) is 2.49. The molecule has 0 fully saturated rings. The van der Waals surface area contributed by atoms with Crippen LogP contribution in [-0.2, 0) is 0 Å². The van der Waals surface area contributed by atoms with Gasteiger partial charge in [-0.3, -0.25) is 5.41 Å². The first-order valence-corrected chi connectivity index (χ1v) is 3.91. The Morgan fingerprint density at radius 3 is 2.50 bits per heavy atom. The topological polar surface area (TPSA) is 85.1 Å². The van der Waals surface area contributed by atoms with E-state index in [-0.39, 0.29) is 18.2 Å². The summed E-state index contributed by atoms with van der Waals surface area (Å²) in [5, 5.41) is 7.59. The maximum Gasteiger partial charge on any atom is 0.139 e. The van der Waals surface area contributed by atoms with Crippen molar-refractivity contribution in [3.63, 3.8) is 0 Å². The fourth-order valence-corrected chi connectivity index (χ4v) is 1.20. The monoisotopic (exact) mass is 235 g/mol. The summed E-state index contributed by atoms with van der Waals surface area (Å²) in [5.74, 6) is 0.367. The molecule has 0 saturated heterocycles. The fourth-order valence-electron chi connectivity index (χ4n) is 0.959. The van der Waals surface area contributed by atoms with Crippen LogP contribution in [0.15, 0.2) is 12.1 Å². The van der Waals surface area contributed by atoms with Crippen molar-refractivity contribution in [2.75, 3.05) is 12.8 Å². The molecule has 0 spiro atoms. The van der Waals surface area contributed by atoms with E-state index in [0.717, 1.165) is 0 Å². The van der Waals surface area contributed by atoms with Crippen LogP contribution in [0.2, 0.25) is 5.02 Å². The minimum atomic E-state index is -0.109. The SMILES string of the molecule is COc1cc(N)c(C(=N)N)cc1Cl.Cl. The van der Waals surface area contributed by atoms with Gasteiger partial charge in [-0.05, 0) is 6.07 Å². The van der Waals surface area contributed by atoms with Gasteiger partial charge in [0, 0.05) is 17.3 Å². The first-order chi connectivity index (χ1) is 6.06. The molecular formula is C8H11Cl2N3O. The molecule has 0 unspecified atom stereocenters. The molecule has 1 aromatic rings. The fraction of sp³-hybridized carbons (Fsp3) is 0.125. The third-order valence-electron chi connectivity index (χ3n) is 1.61. The third-order valence-corrected chi connectivity index (χ3v) is 1.91. The molecule has 0 radical (unpaired) electrons. The van der Waals surface area contributed by atoms with E-state index in [0.29, 0.717) is 22.0 Å².